The van der Waals surface area contributed by atoms with Crippen LogP contribution in [-0.4, -0.2) is 23.7 Å². The van der Waals surface area contributed by atoms with Crippen molar-refractivity contribution in [1.82, 2.24) is 10.2 Å². The molecular formula is C15H15F3N2OS. The monoisotopic (exact) mass is 328 g/mol. The van der Waals surface area contributed by atoms with Crippen molar-refractivity contribution in [3.05, 3.63) is 47.0 Å². The Morgan fingerprint density at radius 1 is 1.18 bits per heavy atom. The molecule has 1 atom stereocenters. The first-order valence-electron chi connectivity index (χ1n) is 7.05. The second-order valence-electron chi connectivity index (χ2n) is 5.27. The summed E-state index contributed by atoms with van der Waals surface area (Å²) in [6.07, 6.45) is -0.515. The lowest BCUT2D eigenvalue weighted by atomic mass is 10.1. The third-order valence-electron chi connectivity index (χ3n) is 3.79. The van der Waals surface area contributed by atoms with Gasteiger partial charge in [-0.15, -0.1) is 0 Å². The van der Waals surface area contributed by atoms with E-state index in [1.165, 1.54) is 17.0 Å². The third kappa shape index (κ3) is 2.47. The average Bonchev–Trinajstić information content (AvgIpc) is 2.72. The Hall–Kier alpha value is -1.63. The van der Waals surface area contributed by atoms with E-state index in [0.29, 0.717) is 29.8 Å². The summed E-state index contributed by atoms with van der Waals surface area (Å²) in [4.78, 5) is 11.3. The van der Waals surface area contributed by atoms with Crippen LogP contribution in [0, 0.1) is 0 Å². The van der Waals surface area contributed by atoms with Gasteiger partial charge in [-0.2, -0.15) is 13.2 Å². The summed E-state index contributed by atoms with van der Waals surface area (Å²) >= 11 is 0.670. The van der Waals surface area contributed by atoms with Gasteiger partial charge in [0.05, 0.1) is 5.03 Å². The molecule has 3 nitrogen and oxygen atoms in total. The lowest BCUT2D eigenvalue weighted by Crippen LogP contribution is -2.60. The van der Waals surface area contributed by atoms with Gasteiger partial charge in [0.1, 0.15) is 0 Å². The van der Waals surface area contributed by atoms with Crippen molar-refractivity contribution < 1.29 is 18.0 Å². The molecule has 7 heteroatoms. The van der Waals surface area contributed by atoms with Gasteiger partial charge in [-0.25, -0.2) is 4.79 Å². The highest BCUT2D eigenvalue weighted by atomic mass is 32.2. The van der Waals surface area contributed by atoms with E-state index in [1.54, 1.807) is 24.3 Å². The summed E-state index contributed by atoms with van der Waals surface area (Å²) in [6.45, 7) is 0.452. The average molecular weight is 328 g/mol. The third-order valence-corrected chi connectivity index (χ3v) is 5.26. The quantitative estimate of drug-likeness (QED) is 0.838. The Labute approximate surface area is 130 Å². The largest absolute Gasteiger partial charge is 0.425 e. The van der Waals surface area contributed by atoms with Crippen LogP contribution in [0.5, 0.6) is 0 Å². The summed E-state index contributed by atoms with van der Waals surface area (Å²) in [5.74, 6) is 0. The summed E-state index contributed by atoms with van der Waals surface area (Å²) in [7, 11) is 0. The molecule has 1 aromatic carbocycles. The SMILES string of the molecule is O=C1N[C@](c2ccccc2)(C(F)(F)F)SC2=CCCCCN12. The van der Waals surface area contributed by atoms with Crippen molar-refractivity contribution in [2.24, 2.45) is 0 Å². The smallest absolute Gasteiger partial charge is 0.311 e. The summed E-state index contributed by atoms with van der Waals surface area (Å²) in [5.41, 5.74) is 0.0330. The number of fused-ring (bicyclic) bond motifs is 1. The second kappa shape index (κ2) is 5.53. The molecule has 0 unspecified atom stereocenters. The molecular weight excluding hydrogens is 313 g/mol. The zero-order chi connectivity index (χ0) is 15.8. The number of hydrogen-bond donors (Lipinski definition) is 1. The maximum Gasteiger partial charge on any atom is 0.425 e. The molecule has 3 rings (SSSR count). The number of carbonyl (C=O) groups excluding carboxylic acids is 1. The highest BCUT2D eigenvalue weighted by molar-refractivity contribution is 8.04. The number of thioether (sulfide) groups is 1. The molecule has 22 heavy (non-hydrogen) atoms. The van der Waals surface area contributed by atoms with Gasteiger partial charge in [-0.1, -0.05) is 48.2 Å². The molecule has 118 valence electrons. The zero-order valence-corrected chi connectivity index (χ0v) is 12.5. The molecule has 0 aliphatic carbocycles. The first kappa shape index (κ1) is 15.3. The fraction of sp³-hybridized carbons (Fsp3) is 0.400. The van der Waals surface area contributed by atoms with Gasteiger partial charge >= 0.3 is 12.2 Å². The van der Waals surface area contributed by atoms with Crippen molar-refractivity contribution in [3.8, 4) is 0 Å². The maximum atomic E-state index is 13.8. The minimum atomic E-state index is -4.60. The number of hydrogen-bond acceptors (Lipinski definition) is 2. The normalized spacial score (nSPS) is 25.9. The molecule has 1 saturated heterocycles. The molecule has 0 radical (unpaired) electrons. The Kier molecular flexibility index (Phi) is 3.84. The van der Waals surface area contributed by atoms with Crippen LogP contribution < -0.4 is 5.32 Å². The fourth-order valence-electron chi connectivity index (χ4n) is 2.66. The molecule has 0 aromatic heterocycles. The van der Waals surface area contributed by atoms with E-state index in [2.05, 4.69) is 5.32 Å². The molecule has 2 aliphatic heterocycles. The summed E-state index contributed by atoms with van der Waals surface area (Å²) in [6, 6.07) is 6.85. The number of rotatable bonds is 1. The van der Waals surface area contributed by atoms with Gasteiger partial charge in [0.25, 0.3) is 0 Å². The molecule has 1 fully saturated rings. The van der Waals surface area contributed by atoms with Crippen LogP contribution in [0.25, 0.3) is 0 Å². The van der Waals surface area contributed by atoms with Crippen LogP contribution in [0.1, 0.15) is 24.8 Å². The maximum absolute atomic E-state index is 13.8. The van der Waals surface area contributed by atoms with Gasteiger partial charge in [-0.3, -0.25) is 4.90 Å². The molecule has 0 saturated carbocycles. The minimum Gasteiger partial charge on any atom is -0.311 e. The van der Waals surface area contributed by atoms with E-state index in [4.69, 9.17) is 0 Å². The van der Waals surface area contributed by atoms with Gasteiger partial charge in [-0.05, 0) is 24.8 Å². The fourth-order valence-corrected chi connectivity index (χ4v) is 3.96. The first-order chi connectivity index (χ1) is 10.4. The van der Waals surface area contributed by atoms with Crippen LogP contribution in [-0.2, 0) is 4.87 Å². The van der Waals surface area contributed by atoms with Crippen LogP contribution in [0.2, 0.25) is 0 Å². The molecule has 1 aromatic rings. The van der Waals surface area contributed by atoms with E-state index < -0.39 is 17.1 Å². The zero-order valence-electron chi connectivity index (χ0n) is 11.7. The molecule has 2 aliphatic rings. The van der Waals surface area contributed by atoms with Gasteiger partial charge in [0.15, 0.2) is 0 Å². The van der Waals surface area contributed by atoms with Crippen molar-refractivity contribution in [2.45, 2.75) is 30.3 Å². The molecule has 2 amide bonds. The Balaban J connectivity index is 2.08. The highest BCUT2D eigenvalue weighted by Gasteiger charge is 2.61. The van der Waals surface area contributed by atoms with Crippen molar-refractivity contribution in [1.29, 1.82) is 0 Å². The molecule has 0 bridgehead atoms. The molecule has 1 N–H and O–H groups in total. The number of nitrogens with zero attached hydrogens (tertiary/aromatic N) is 1. The van der Waals surface area contributed by atoms with Crippen LogP contribution in [0.4, 0.5) is 18.0 Å². The minimum absolute atomic E-state index is 0.0330. The summed E-state index contributed by atoms with van der Waals surface area (Å²) in [5, 5.41) is 2.59. The van der Waals surface area contributed by atoms with Crippen molar-refractivity contribution in [2.75, 3.05) is 6.54 Å². The Morgan fingerprint density at radius 3 is 2.59 bits per heavy atom. The van der Waals surface area contributed by atoms with E-state index >= 15 is 0 Å². The lowest BCUT2D eigenvalue weighted by molar-refractivity contribution is -0.168. The number of benzene rings is 1. The first-order valence-corrected chi connectivity index (χ1v) is 7.87. The Morgan fingerprint density at radius 2 is 1.91 bits per heavy atom. The predicted molar refractivity (Wildman–Crippen MR) is 78.9 cm³/mol. The van der Waals surface area contributed by atoms with E-state index in [9.17, 15) is 18.0 Å². The van der Waals surface area contributed by atoms with Gasteiger partial charge < -0.3 is 5.32 Å². The predicted octanol–water partition coefficient (Wildman–Crippen LogP) is 4.19. The second-order valence-corrected chi connectivity index (χ2v) is 6.50. The van der Waals surface area contributed by atoms with Crippen LogP contribution in [0.3, 0.4) is 0 Å². The molecule has 0 spiro atoms. The number of carbonyl (C=O) groups is 1. The number of allylic oxidation sites excluding steroid dienone is 1. The standard InChI is InChI=1S/C15H15F3N2OS/c16-15(17,18)14(11-7-3-1-4-8-11)19-13(21)20-10-6-2-5-9-12(20)22-14/h1,3-4,7-9H,2,5-6,10H2,(H,19,21)/t14-/m0/s1. The topological polar surface area (TPSA) is 32.3 Å². The Bertz CT molecular complexity index is 603. The van der Waals surface area contributed by atoms with E-state index in [0.717, 1.165) is 12.8 Å². The number of halogens is 3. The van der Waals surface area contributed by atoms with Crippen molar-refractivity contribution >= 4 is 17.8 Å². The van der Waals surface area contributed by atoms with Crippen molar-refractivity contribution in [3.63, 3.8) is 0 Å². The number of urea groups is 1. The highest BCUT2D eigenvalue weighted by Crippen LogP contribution is 2.53. The van der Waals surface area contributed by atoms with Crippen LogP contribution >= 0.6 is 11.8 Å². The number of amides is 2. The number of alkyl halides is 3. The summed E-state index contributed by atoms with van der Waals surface area (Å²) < 4.78 is 41.5. The van der Waals surface area contributed by atoms with Crippen LogP contribution in [0.15, 0.2) is 41.4 Å². The lowest BCUT2D eigenvalue weighted by Gasteiger charge is -2.43. The number of nitrogens with one attached hydrogen (secondary N) is 1. The van der Waals surface area contributed by atoms with E-state index in [-0.39, 0.29) is 5.56 Å². The van der Waals surface area contributed by atoms with Gasteiger partial charge in [0.2, 0.25) is 4.87 Å². The van der Waals surface area contributed by atoms with Gasteiger partial charge in [0, 0.05) is 6.54 Å². The van der Waals surface area contributed by atoms with E-state index in [1.807, 2.05) is 0 Å². The molecule has 2 heterocycles.